The number of carbonyl (C=O) groups is 1. The Morgan fingerprint density at radius 1 is 1.39 bits per heavy atom. The number of hydrogen-bond acceptors (Lipinski definition) is 2. The van der Waals surface area contributed by atoms with E-state index in [1.807, 2.05) is 24.8 Å². The first-order chi connectivity index (χ1) is 11.1. The number of likely N-dealkylation sites (tertiary alicyclic amines) is 1. The number of benzene rings is 1. The van der Waals surface area contributed by atoms with Crippen molar-refractivity contribution in [2.75, 3.05) is 6.54 Å². The number of nitrogens with zero attached hydrogens (tertiary/aromatic N) is 3. The second kappa shape index (κ2) is 6.36. The summed E-state index contributed by atoms with van der Waals surface area (Å²) in [7, 11) is 0. The maximum Gasteiger partial charge on any atom is 0.249 e. The molecule has 2 aromatic rings. The molecule has 0 N–H and O–H groups in total. The van der Waals surface area contributed by atoms with Crippen LogP contribution in [0.2, 0.25) is 0 Å². The van der Waals surface area contributed by atoms with Crippen LogP contribution < -0.4 is 0 Å². The minimum Gasteiger partial charge on any atom is -0.332 e. The van der Waals surface area contributed by atoms with Gasteiger partial charge in [-0.1, -0.05) is 12.1 Å². The lowest BCUT2D eigenvalue weighted by atomic mass is 9.98. The lowest BCUT2D eigenvalue weighted by Crippen LogP contribution is -2.39. The molecule has 1 fully saturated rings. The van der Waals surface area contributed by atoms with Crippen LogP contribution >= 0.6 is 0 Å². The highest BCUT2D eigenvalue weighted by Crippen LogP contribution is 2.31. The fourth-order valence-corrected chi connectivity index (χ4v) is 3.12. The summed E-state index contributed by atoms with van der Waals surface area (Å²) in [6, 6.07) is 6.29. The van der Waals surface area contributed by atoms with Crippen molar-refractivity contribution in [2.45, 2.75) is 32.7 Å². The number of amides is 1. The Kier molecular flexibility index (Phi) is 4.28. The molecule has 0 saturated carbocycles. The average Bonchev–Trinajstić information content (AvgIpc) is 3.09. The number of allylic oxidation sites excluding steroid dienone is 1. The van der Waals surface area contributed by atoms with Crippen LogP contribution in [0.5, 0.6) is 0 Å². The summed E-state index contributed by atoms with van der Waals surface area (Å²) in [5.74, 6) is -0.243. The van der Waals surface area contributed by atoms with Crippen LogP contribution in [-0.2, 0) is 4.79 Å². The van der Waals surface area contributed by atoms with Crippen LogP contribution in [0.4, 0.5) is 4.39 Å². The van der Waals surface area contributed by atoms with Crippen molar-refractivity contribution in [3.8, 4) is 5.69 Å². The van der Waals surface area contributed by atoms with Gasteiger partial charge in [-0.25, -0.2) is 9.07 Å². The molecule has 5 heteroatoms. The summed E-state index contributed by atoms with van der Waals surface area (Å²) in [5, 5.41) is 4.20. The highest BCUT2D eigenvalue weighted by Gasteiger charge is 2.28. The highest BCUT2D eigenvalue weighted by atomic mass is 19.1. The van der Waals surface area contributed by atoms with Crippen LogP contribution in [0, 0.1) is 5.82 Å². The van der Waals surface area contributed by atoms with Gasteiger partial charge >= 0.3 is 0 Å². The minimum absolute atomic E-state index is 0.0713. The summed E-state index contributed by atoms with van der Waals surface area (Å²) in [6.45, 7) is 4.60. The molecule has 1 aliphatic rings. The topological polar surface area (TPSA) is 38.1 Å². The zero-order valence-corrected chi connectivity index (χ0v) is 13.4. The number of carbonyl (C=O) groups excluding carboxylic acids is 1. The molecule has 0 spiro atoms. The number of hydrogen-bond donors (Lipinski definition) is 0. The van der Waals surface area contributed by atoms with Gasteiger partial charge < -0.3 is 4.90 Å². The second-order valence-electron chi connectivity index (χ2n) is 5.75. The summed E-state index contributed by atoms with van der Waals surface area (Å²) in [6.07, 6.45) is 7.10. The van der Waals surface area contributed by atoms with Gasteiger partial charge in [0.1, 0.15) is 5.82 Å². The van der Waals surface area contributed by atoms with Crippen molar-refractivity contribution in [1.82, 2.24) is 14.7 Å². The Morgan fingerprint density at radius 2 is 2.22 bits per heavy atom. The monoisotopic (exact) mass is 313 g/mol. The molecule has 0 unspecified atom stereocenters. The second-order valence-corrected chi connectivity index (χ2v) is 5.75. The van der Waals surface area contributed by atoms with E-state index in [-0.39, 0.29) is 17.8 Å². The third-order valence-corrected chi connectivity index (χ3v) is 4.39. The summed E-state index contributed by atoms with van der Waals surface area (Å²) in [5.41, 5.74) is 2.41. The van der Waals surface area contributed by atoms with Gasteiger partial charge in [0.15, 0.2) is 0 Å². The third-order valence-electron chi connectivity index (χ3n) is 4.39. The first-order valence-corrected chi connectivity index (χ1v) is 7.87. The summed E-state index contributed by atoms with van der Waals surface area (Å²) >= 11 is 0. The lowest BCUT2D eigenvalue weighted by molar-refractivity contribution is -0.130. The number of halogens is 1. The molecule has 1 aromatic heterocycles. The molecule has 1 amide bonds. The van der Waals surface area contributed by atoms with E-state index in [0.717, 1.165) is 24.0 Å². The van der Waals surface area contributed by atoms with E-state index in [4.69, 9.17) is 0 Å². The Morgan fingerprint density at radius 3 is 2.91 bits per heavy atom. The first kappa shape index (κ1) is 15.5. The standard InChI is InChI=1S/C18H20FN3O/c1-3-14-6-4-10-21(18(14)23)13(2)16-8-7-15(19)12-17(16)22-11-5-9-20-22/h3,5,7-9,11-13H,4,6,10H2,1-2H3/t13-/m1/s1. The fraction of sp³-hybridized carbons (Fsp3) is 0.333. The largest absolute Gasteiger partial charge is 0.332 e. The van der Waals surface area contributed by atoms with E-state index in [0.29, 0.717) is 12.2 Å². The number of aromatic nitrogens is 2. The maximum absolute atomic E-state index is 13.7. The number of piperidine rings is 1. The molecule has 0 aliphatic carbocycles. The van der Waals surface area contributed by atoms with Crippen molar-refractivity contribution in [3.63, 3.8) is 0 Å². The summed E-state index contributed by atoms with van der Waals surface area (Å²) < 4.78 is 15.3. The van der Waals surface area contributed by atoms with Gasteiger partial charge in [0, 0.05) is 30.1 Å². The van der Waals surface area contributed by atoms with E-state index >= 15 is 0 Å². The van der Waals surface area contributed by atoms with E-state index < -0.39 is 0 Å². The van der Waals surface area contributed by atoms with Crippen LogP contribution in [0.1, 0.15) is 38.3 Å². The lowest BCUT2D eigenvalue weighted by Gasteiger charge is -2.34. The van der Waals surface area contributed by atoms with Crippen molar-refractivity contribution >= 4 is 5.91 Å². The molecular weight excluding hydrogens is 293 g/mol. The minimum atomic E-state index is -0.314. The Labute approximate surface area is 135 Å². The third kappa shape index (κ3) is 2.91. The zero-order chi connectivity index (χ0) is 16.4. The predicted octanol–water partition coefficient (Wildman–Crippen LogP) is 3.64. The van der Waals surface area contributed by atoms with Gasteiger partial charge in [-0.3, -0.25) is 4.79 Å². The molecule has 3 rings (SSSR count). The van der Waals surface area contributed by atoms with E-state index in [2.05, 4.69) is 5.10 Å². The van der Waals surface area contributed by atoms with Crippen LogP contribution in [0.15, 0.2) is 48.3 Å². The SMILES string of the molecule is CC=C1CCCN([C@H](C)c2ccc(F)cc2-n2cccn2)C1=O. The molecule has 0 bridgehead atoms. The molecule has 1 aliphatic heterocycles. The van der Waals surface area contributed by atoms with Gasteiger partial charge in [0.2, 0.25) is 5.91 Å². The summed E-state index contributed by atoms with van der Waals surface area (Å²) in [4.78, 5) is 14.5. The zero-order valence-electron chi connectivity index (χ0n) is 13.4. The molecule has 120 valence electrons. The van der Waals surface area contributed by atoms with Crippen LogP contribution in [0.25, 0.3) is 5.69 Å². The Balaban J connectivity index is 2.00. The van der Waals surface area contributed by atoms with Crippen molar-refractivity contribution in [2.24, 2.45) is 0 Å². The molecule has 23 heavy (non-hydrogen) atoms. The molecule has 1 aromatic carbocycles. The smallest absolute Gasteiger partial charge is 0.249 e. The Bertz CT molecular complexity index is 737. The number of rotatable bonds is 3. The fourth-order valence-electron chi connectivity index (χ4n) is 3.12. The molecule has 2 heterocycles. The molecular formula is C18H20FN3O. The van der Waals surface area contributed by atoms with E-state index in [1.165, 1.54) is 12.1 Å². The predicted molar refractivity (Wildman–Crippen MR) is 86.6 cm³/mol. The molecule has 4 nitrogen and oxygen atoms in total. The Hall–Kier alpha value is -2.43. The molecule has 1 atom stereocenters. The quantitative estimate of drug-likeness (QED) is 0.811. The van der Waals surface area contributed by atoms with Crippen LogP contribution in [0.3, 0.4) is 0 Å². The molecule has 0 radical (unpaired) electrons. The average molecular weight is 313 g/mol. The van der Waals surface area contributed by atoms with E-state index in [1.54, 1.807) is 29.2 Å². The van der Waals surface area contributed by atoms with Gasteiger partial charge in [0.05, 0.1) is 11.7 Å². The van der Waals surface area contributed by atoms with Crippen molar-refractivity contribution in [1.29, 1.82) is 0 Å². The van der Waals surface area contributed by atoms with Crippen LogP contribution in [-0.4, -0.2) is 27.1 Å². The van der Waals surface area contributed by atoms with Crippen molar-refractivity contribution < 1.29 is 9.18 Å². The van der Waals surface area contributed by atoms with Gasteiger partial charge in [-0.05, 0) is 44.9 Å². The normalized spacial score (nSPS) is 18.5. The first-order valence-electron chi connectivity index (χ1n) is 7.87. The van der Waals surface area contributed by atoms with E-state index in [9.17, 15) is 9.18 Å². The maximum atomic E-state index is 13.7. The molecule has 1 saturated heterocycles. The van der Waals surface area contributed by atoms with Gasteiger partial charge in [-0.15, -0.1) is 0 Å². The van der Waals surface area contributed by atoms with Crippen molar-refractivity contribution in [3.05, 3.63) is 59.7 Å². The van der Waals surface area contributed by atoms with Gasteiger partial charge in [-0.2, -0.15) is 5.10 Å². The van der Waals surface area contributed by atoms with Gasteiger partial charge in [0.25, 0.3) is 0 Å². The highest BCUT2D eigenvalue weighted by molar-refractivity contribution is 5.94.